The molecule has 13 heavy (non-hydrogen) atoms. The van der Waals surface area contributed by atoms with Crippen LogP contribution >= 0.6 is 23.1 Å². The molecule has 0 aromatic carbocycles. The third kappa shape index (κ3) is 2.79. The zero-order chi connectivity index (χ0) is 9.68. The van der Waals surface area contributed by atoms with Crippen LogP contribution in [-0.2, 0) is 0 Å². The summed E-state index contributed by atoms with van der Waals surface area (Å²) >= 11 is 3.25. The lowest BCUT2D eigenvalue weighted by Crippen LogP contribution is -1.79. The molecule has 0 fully saturated rings. The Hall–Kier alpha value is -0.920. The number of oxime groups is 1. The molecule has 0 atom stereocenters. The van der Waals surface area contributed by atoms with Crippen LogP contribution in [0.25, 0.3) is 0 Å². The molecule has 1 N–H and O–H groups in total. The molecule has 0 aliphatic carbocycles. The standard InChI is InChI=1S/C9H9NOS2/c1-3-4-12-9-8(6-10-11)5-7(2)13-9/h1,5-6,11H,4H2,2H3. The van der Waals surface area contributed by atoms with Gasteiger partial charge in [0.25, 0.3) is 0 Å². The fraction of sp³-hybridized carbons (Fsp3) is 0.222. The molecular weight excluding hydrogens is 202 g/mol. The monoisotopic (exact) mass is 211 g/mol. The normalized spacial score (nSPS) is 10.5. The predicted octanol–water partition coefficient (Wildman–Crippen LogP) is 2.59. The van der Waals surface area contributed by atoms with Gasteiger partial charge in [-0.05, 0) is 13.0 Å². The van der Waals surface area contributed by atoms with Crippen LogP contribution in [0.3, 0.4) is 0 Å². The van der Waals surface area contributed by atoms with E-state index in [1.165, 1.54) is 11.1 Å². The van der Waals surface area contributed by atoms with Crippen LogP contribution in [-0.4, -0.2) is 17.2 Å². The van der Waals surface area contributed by atoms with Crippen LogP contribution in [0, 0.1) is 19.3 Å². The molecule has 0 aliphatic rings. The van der Waals surface area contributed by atoms with Gasteiger partial charge in [0.05, 0.1) is 16.2 Å². The summed E-state index contributed by atoms with van der Waals surface area (Å²) in [5, 5.41) is 11.4. The van der Waals surface area contributed by atoms with E-state index >= 15 is 0 Å². The van der Waals surface area contributed by atoms with Crippen molar-refractivity contribution in [1.29, 1.82) is 0 Å². The van der Waals surface area contributed by atoms with E-state index in [2.05, 4.69) is 11.1 Å². The lowest BCUT2D eigenvalue weighted by Gasteiger charge is -1.92. The zero-order valence-electron chi connectivity index (χ0n) is 7.15. The second kappa shape index (κ2) is 4.95. The highest BCUT2D eigenvalue weighted by molar-refractivity contribution is 8.01. The van der Waals surface area contributed by atoms with E-state index in [1.54, 1.807) is 23.1 Å². The number of terminal acetylenes is 1. The average molecular weight is 211 g/mol. The van der Waals surface area contributed by atoms with Gasteiger partial charge in [-0.3, -0.25) is 0 Å². The molecule has 0 bridgehead atoms. The van der Waals surface area contributed by atoms with Crippen LogP contribution in [0.1, 0.15) is 10.4 Å². The highest BCUT2D eigenvalue weighted by Gasteiger charge is 2.04. The minimum atomic E-state index is 0.645. The van der Waals surface area contributed by atoms with Crippen molar-refractivity contribution in [3.05, 3.63) is 16.5 Å². The summed E-state index contributed by atoms with van der Waals surface area (Å²) in [4.78, 5) is 1.19. The van der Waals surface area contributed by atoms with Crippen molar-refractivity contribution in [3.63, 3.8) is 0 Å². The fourth-order valence-corrected chi connectivity index (χ4v) is 2.89. The highest BCUT2D eigenvalue weighted by Crippen LogP contribution is 2.30. The predicted molar refractivity (Wildman–Crippen MR) is 58.0 cm³/mol. The maximum atomic E-state index is 8.40. The number of aryl methyl sites for hydroxylation is 1. The summed E-state index contributed by atoms with van der Waals surface area (Å²) in [5.41, 5.74) is 0.935. The third-order valence-electron chi connectivity index (χ3n) is 1.33. The van der Waals surface area contributed by atoms with E-state index in [1.807, 2.05) is 13.0 Å². The molecule has 0 saturated heterocycles. The molecule has 0 radical (unpaired) electrons. The van der Waals surface area contributed by atoms with E-state index in [9.17, 15) is 0 Å². The van der Waals surface area contributed by atoms with Crippen molar-refractivity contribution < 1.29 is 5.21 Å². The molecule has 0 aliphatic heterocycles. The molecule has 1 aromatic heterocycles. The first-order valence-corrected chi connectivity index (χ1v) is 5.42. The van der Waals surface area contributed by atoms with Gasteiger partial charge in [0, 0.05) is 10.4 Å². The minimum absolute atomic E-state index is 0.645. The van der Waals surface area contributed by atoms with Gasteiger partial charge >= 0.3 is 0 Å². The van der Waals surface area contributed by atoms with Crippen molar-refractivity contribution in [3.8, 4) is 12.3 Å². The number of thiophene rings is 1. The molecule has 0 saturated carbocycles. The Labute approximate surface area is 85.7 Å². The van der Waals surface area contributed by atoms with Gasteiger partial charge in [-0.15, -0.1) is 29.5 Å². The summed E-state index contributed by atoms with van der Waals surface area (Å²) < 4.78 is 1.10. The molecule has 0 amide bonds. The van der Waals surface area contributed by atoms with Crippen LogP contribution in [0.15, 0.2) is 15.4 Å². The molecule has 0 spiro atoms. The Kier molecular flexibility index (Phi) is 3.87. The number of nitrogens with zero attached hydrogens (tertiary/aromatic N) is 1. The number of thioether (sulfide) groups is 1. The first kappa shape index (κ1) is 10.2. The van der Waals surface area contributed by atoms with Gasteiger partial charge in [0.1, 0.15) is 0 Å². The Morgan fingerprint density at radius 3 is 3.23 bits per heavy atom. The molecule has 4 heteroatoms. The van der Waals surface area contributed by atoms with Gasteiger partial charge < -0.3 is 5.21 Å². The molecule has 1 heterocycles. The van der Waals surface area contributed by atoms with Crippen molar-refractivity contribution in [2.75, 3.05) is 5.75 Å². The smallest absolute Gasteiger partial charge is 0.0753 e. The van der Waals surface area contributed by atoms with Crippen LogP contribution in [0.5, 0.6) is 0 Å². The maximum Gasteiger partial charge on any atom is 0.0753 e. The Bertz CT molecular complexity index is 349. The number of hydrogen-bond donors (Lipinski definition) is 1. The second-order valence-corrected chi connectivity index (χ2v) is 4.84. The second-order valence-electron chi connectivity index (χ2n) is 2.34. The van der Waals surface area contributed by atoms with Gasteiger partial charge in [0.15, 0.2) is 0 Å². The van der Waals surface area contributed by atoms with E-state index < -0.39 is 0 Å². The van der Waals surface area contributed by atoms with Crippen molar-refractivity contribution in [1.82, 2.24) is 0 Å². The Morgan fingerprint density at radius 2 is 2.62 bits per heavy atom. The SMILES string of the molecule is C#CCSc1sc(C)cc1C=NO. The van der Waals surface area contributed by atoms with Crippen molar-refractivity contribution in [2.45, 2.75) is 11.1 Å². The van der Waals surface area contributed by atoms with Gasteiger partial charge in [-0.2, -0.15) is 0 Å². The largest absolute Gasteiger partial charge is 0.411 e. The number of hydrogen-bond acceptors (Lipinski definition) is 4. The summed E-state index contributed by atoms with van der Waals surface area (Å²) in [7, 11) is 0. The van der Waals surface area contributed by atoms with Gasteiger partial charge in [0.2, 0.25) is 0 Å². The lowest BCUT2D eigenvalue weighted by molar-refractivity contribution is 0.322. The average Bonchev–Trinajstić information content (AvgIpc) is 2.44. The first-order chi connectivity index (χ1) is 6.27. The van der Waals surface area contributed by atoms with Crippen LogP contribution in [0.4, 0.5) is 0 Å². The van der Waals surface area contributed by atoms with Crippen LogP contribution in [0.2, 0.25) is 0 Å². The number of rotatable bonds is 3. The Balaban J connectivity index is 2.85. The molecular formula is C9H9NOS2. The summed E-state index contributed by atoms with van der Waals surface area (Å²) in [5.74, 6) is 3.20. The topological polar surface area (TPSA) is 32.6 Å². The summed E-state index contributed by atoms with van der Waals surface area (Å²) in [6.45, 7) is 2.01. The molecule has 1 rings (SSSR count). The van der Waals surface area contributed by atoms with E-state index in [0.717, 1.165) is 9.77 Å². The maximum absolute atomic E-state index is 8.40. The first-order valence-electron chi connectivity index (χ1n) is 3.62. The minimum Gasteiger partial charge on any atom is -0.411 e. The molecule has 0 unspecified atom stereocenters. The van der Waals surface area contributed by atoms with E-state index in [-0.39, 0.29) is 0 Å². The quantitative estimate of drug-likeness (QED) is 0.274. The van der Waals surface area contributed by atoms with Crippen molar-refractivity contribution >= 4 is 29.3 Å². The molecule has 2 nitrogen and oxygen atoms in total. The van der Waals surface area contributed by atoms with Gasteiger partial charge in [-0.25, -0.2) is 0 Å². The summed E-state index contributed by atoms with van der Waals surface area (Å²) in [6.07, 6.45) is 6.59. The Morgan fingerprint density at radius 1 is 1.85 bits per heavy atom. The molecule has 1 aromatic rings. The summed E-state index contributed by atoms with van der Waals surface area (Å²) in [6, 6.07) is 1.98. The van der Waals surface area contributed by atoms with Crippen LogP contribution < -0.4 is 0 Å². The highest BCUT2D eigenvalue weighted by atomic mass is 32.2. The zero-order valence-corrected chi connectivity index (χ0v) is 8.78. The van der Waals surface area contributed by atoms with Gasteiger partial charge in [-0.1, -0.05) is 11.1 Å². The fourth-order valence-electron chi connectivity index (χ4n) is 0.885. The van der Waals surface area contributed by atoms with Crippen molar-refractivity contribution in [2.24, 2.45) is 5.16 Å². The molecule has 68 valence electrons. The third-order valence-corrected chi connectivity index (χ3v) is 3.60. The van der Waals surface area contributed by atoms with E-state index in [0.29, 0.717) is 5.75 Å². The van der Waals surface area contributed by atoms with E-state index in [4.69, 9.17) is 11.6 Å². The lowest BCUT2D eigenvalue weighted by atomic mass is 10.3.